The average Bonchev–Trinajstić information content (AvgIpc) is 2.51. The summed E-state index contributed by atoms with van der Waals surface area (Å²) in [5.41, 5.74) is 1.84. The Balaban J connectivity index is 2.27. The quantitative estimate of drug-likeness (QED) is 0.814. The fourth-order valence-corrected chi connectivity index (χ4v) is 2.30. The van der Waals surface area contributed by atoms with E-state index in [2.05, 4.69) is 4.98 Å². The number of aliphatic hydroxyl groups is 1. The van der Waals surface area contributed by atoms with E-state index in [1.807, 2.05) is 25.6 Å². The van der Waals surface area contributed by atoms with Crippen LogP contribution >= 0.6 is 23.1 Å². The van der Waals surface area contributed by atoms with Crippen LogP contribution in [0.25, 0.3) is 0 Å². The highest BCUT2D eigenvalue weighted by Crippen LogP contribution is 2.21. The zero-order valence-electron chi connectivity index (χ0n) is 7.23. The van der Waals surface area contributed by atoms with E-state index in [0.717, 1.165) is 5.75 Å². The first-order valence-corrected chi connectivity index (χ1v) is 5.80. The Morgan fingerprint density at radius 3 is 2.92 bits per heavy atom. The molecule has 12 heavy (non-hydrogen) atoms. The molecule has 0 aromatic carbocycles. The Morgan fingerprint density at radius 2 is 2.42 bits per heavy atom. The van der Waals surface area contributed by atoms with E-state index in [9.17, 15) is 5.11 Å². The van der Waals surface area contributed by atoms with Crippen LogP contribution in [0.3, 0.4) is 0 Å². The minimum Gasteiger partial charge on any atom is -0.392 e. The Bertz CT molecular complexity index is 211. The molecule has 4 heteroatoms. The SMILES string of the molecule is CC(O)C(C)SCc1cncs1. The van der Waals surface area contributed by atoms with E-state index in [1.54, 1.807) is 23.1 Å². The lowest BCUT2D eigenvalue weighted by Gasteiger charge is -2.12. The van der Waals surface area contributed by atoms with Crippen molar-refractivity contribution in [1.82, 2.24) is 4.98 Å². The summed E-state index contributed by atoms with van der Waals surface area (Å²) in [4.78, 5) is 5.26. The number of thiazole rings is 1. The van der Waals surface area contributed by atoms with Gasteiger partial charge in [0, 0.05) is 22.1 Å². The molecule has 0 bridgehead atoms. The Hall–Kier alpha value is -0.0600. The number of thioether (sulfide) groups is 1. The molecule has 1 aromatic rings. The average molecular weight is 203 g/mol. The minimum atomic E-state index is -0.233. The van der Waals surface area contributed by atoms with Crippen molar-refractivity contribution in [2.45, 2.75) is 31.0 Å². The van der Waals surface area contributed by atoms with Gasteiger partial charge in [0.15, 0.2) is 0 Å². The molecule has 2 atom stereocenters. The first-order valence-electron chi connectivity index (χ1n) is 3.87. The molecule has 0 aliphatic carbocycles. The molecule has 0 amide bonds. The molecule has 0 saturated heterocycles. The number of rotatable bonds is 4. The van der Waals surface area contributed by atoms with Gasteiger partial charge in [0.1, 0.15) is 0 Å². The van der Waals surface area contributed by atoms with Crippen LogP contribution in [-0.4, -0.2) is 21.4 Å². The summed E-state index contributed by atoms with van der Waals surface area (Å²) in [7, 11) is 0. The predicted octanol–water partition coefficient (Wildman–Crippen LogP) is 2.15. The summed E-state index contributed by atoms with van der Waals surface area (Å²) in [6.45, 7) is 3.86. The van der Waals surface area contributed by atoms with Crippen LogP contribution in [-0.2, 0) is 5.75 Å². The lowest BCUT2D eigenvalue weighted by atomic mass is 10.3. The molecule has 2 unspecified atom stereocenters. The van der Waals surface area contributed by atoms with E-state index in [-0.39, 0.29) is 6.10 Å². The number of aromatic nitrogens is 1. The highest BCUT2D eigenvalue weighted by atomic mass is 32.2. The summed E-state index contributed by atoms with van der Waals surface area (Å²) < 4.78 is 0. The van der Waals surface area contributed by atoms with Gasteiger partial charge in [-0.25, -0.2) is 0 Å². The summed E-state index contributed by atoms with van der Waals surface area (Å²) >= 11 is 3.43. The third-order valence-corrected chi connectivity index (χ3v) is 4.01. The summed E-state index contributed by atoms with van der Waals surface area (Å²) in [5.74, 6) is 0.955. The van der Waals surface area contributed by atoms with Crippen LogP contribution in [0.5, 0.6) is 0 Å². The molecule has 1 heterocycles. The van der Waals surface area contributed by atoms with Gasteiger partial charge in [0.2, 0.25) is 0 Å². The van der Waals surface area contributed by atoms with Gasteiger partial charge in [-0.05, 0) is 6.92 Å². The molecular weight excluding hydrogens is 190 g/mol. The minimum absolute atomic E-state index is 0.233. The van der Waals surface area contributed by atoms with Crippen LogP contribution in [0, 0.1) is 0 Å². The van der Waals surface area contributed by atoms with Crippen LogP contribution in [0.2, 0.25) is 0 Å². The maximum atomic E-state index is 9.22. The van der Waals surface area contributed by atoms with Gasteiger partial charge in [0.05, 0.1) is 11.6 Å². The normalized spacial score (nSPS) is 15.9. The van der Waals surface area contributed by atoms with E-state index in [4.69, 9.17) is 0 Å². The Kier molecular flexibility index (Phi) is 4.05. The first-order chi connectivity index (χ1) is 5.70. The second kappa shape index (κ2) is 4.84. The molecular formula is C8H13NOS2. The molecule has 0 radical (unpaired) electrons. The maximum absolute atomic E-state index is 9.22. The smallest absolute Gasteiger partial charge is 0.0794 e. The highest BCUT2D eigenvalue weighted by Gasteiger charge is 2.09. The predicted molar refractivity (Wildman–Crippen MR) is 54.6 cm³/mol. The van der Waals surface area contributed by atoms with Crippen LogP contribution in [0.4, 0.5) is 0 Å². The Labute approximate surface area is 81.0 Å². The number of aliphatic hydroxyl groups excluding tert-OH is 1. The van der Waals surface area contributed by atoms with Crippen LogP contribution in [0.1, 0.15) is 18.7 Å². The van der Waals surface area contributed by atoms with Crippen molar-refractivity contribution in [3.05, 3.63) is 16.6 Å². The standard InChI is InChI=1S/C8H13NOS2/c1-6(10)7(2)11-4-8-3-9-5-12-8/h3,5-7,10H,4H2,1-2H3. The molecule has 1 rings (SSSR count). The second-order valence-corrected chi connectivity index (χ2v) is 5.06. The molecule has 0 spiro atoms. The summed E-state index contributed by atoms with van der Waals surface area (Å²) in [5, 5.41) is 9.51. The zero-order chi connectivity index (χ0) is 8.97. The Morgan fingerprint density at radius 1 is 1.67 bits per heavy atom. The number of hydrogen-bond donors (Lipinski definition) is 1. The van der Waals surface area contributed by atoms with E-state index >= 15 is 0 Å². The van der Waals surface area contributed by atoms with Crippen molar-refractivity contribution in [3.8, 4) is 0 Å². The van der Waals surface area contributed by atoms with Crippen LogP contribution in [0.15, 0.2) is 11.7 Å². The first kappa shape index (κ1) is 10.0. The molecule has 0 fully saturated rings. The van der Waals surface area contributed by atoms with Gasteiger partial charge in [0.25, 0.3) is 0 Å². The lowest BCUT2D eigenvalue weighted by molar-refractivity contribution is 0.196. The van der Waals surface area contributed by atoms with Crippen molar-refractivity contribution in [3.63, 3.8) is 0 Å². The van der Waals surface area contributed by atoms with Crippen LogP contribution < -0.4 is 0 Å². The van der Waals surface area contributed by atoms with Gasteiger partial charge in [-0.1, -0.05) is 6.92 Å². The molecule has 0 aliphatic heterocycles. The molecule has 0 aliphatic rings. The van der Waals surface area contributed by atoms with E-state index in [0.29, 0.717) is 5.25 Å². The molecule has 1 N–H and O–H groups in total. The maximum Gasteiger partial charge on any atom is 0.0794 e. The second-order valence-electron chi connectivity index (χ2n) is 2.72. The van der Waals surface area contributed by atoms with Gasteiger partial charge in [-0.15, -0.1) is 11.3 Å². The molecule has 1 aromatic heterocycles. The van der Waals surface area contributed by atoms with E-state index < -0.39 is 0 Å². The van der Waals surface area contributed by atoms with Gasteiger partial charge in [-0.3, -0.25) is 4.98 Å². The topological polar surface area (TPSA) is 33.1 Å². The lowest BCUT2D eigenvalue weighted by Crippen LogP contribution is -2.15. The number of nitrogens with zero attached hydrogens (tertiary/aromatic N) is 1. The van der Waals surface area contributed by atoms with Crippen molar-refractivity contribution in [2.75, 3.05) is 0 Å². The third-order valence-electron chi connectivity index (χ3n) is 1.65. The summed E-state index contributed by atoms with van der Waals surface area (Å²) in [6, 6.07) is 0. The highest BCUT2D eigenvalue weighted by molar-refractivity contribution is 7.99. The van der Waals surface area contributed by atoms with Crippen molar-refractivity contribution in [1.29, 1.82) is 0 Å². The van der Waals surface area contributed by atoms with Gasteiger partial charge < -0.3 is 5.11 Å². The van der Waals surface area contributed by atoms with Crippen molar-refractivity contribution >= 4 is 23.1 Å². The van der Waals surface area contributed by atoms with E-state index in [1.165, 1.54) is 4.88 Å². The zero-order valence-corrected chi connectivity index (χ0v) is 8.86. The van der Waals surface area contributed by atoms with Gasteiger partial charge in [-0.2, -0.15) is 11.8 Å². The summed E-state index contributed by atoms with van der Waals surface area (Å²) in [6.07, 6.45) is 1.65. The fourth-order valence-electron chi connectivity index (χ4n) is 0.666. The monoisotopic (exact) mass is 203 g/mol. The molecule has 0 saturated carbocycles. The number of hydrogen-bond acceptors (Lipinski definition) is 4. The molecule has 2 nitrogen and oxygen atoms in total. The molecule has 68 valence electrons. The van der Waals surface area contributed by atoms with Gasteiger partial charge >= 0.3 is 0 Å². The fraction of sp³-hybridized carbons (Fsp3) is 0.625. The largest absolute Gasteiger partial charge is 0.392 e. The van der Waals surface area contributed by atoms with Crippen molar-refractivity contribution in [2.24, 2.45) is 0 Å². The third kappa shape index (κ3) is 3.13. The van der Waals surface area contributed by atoms with Crippen molar-refractivity contribution < 1.29 is 5.11 Å².